The van der Waals surface area contributed by atoms with E-state index in [1.165, 1.54) is 0 Å². The van der Waals surface area contributed by atoms with Crippen LogP contribution >= 0.6 is 0 Å². The Morgan fingerprint density at radius 2 is 1.95 bits per heavy atom. The van der Waals surface area contributed by atoms with Gasteiger partial charge in [-0.2, -0.15) is 0 Å². The van der Waals surface area contributed by atoms with Gasteiger partial charge in [0.05, 0.1) is 4.90 Å². The van der Waals surface area contributed by atoms with Crippen LogP contribution in [0.5, 0.6) is 0 Å². The lowest BCUT2D eigenvalue weighted by Gasteiger charge is -2.24. The first kappa shape index (κ1) is 14.5. The Labute approximate surface area is 116 Å². The van der Waals surface area contributed by atoms with E-state index in [4.69, 9.17) is 5.14 Å². The molecule has 1 saturated heterocycles. The van der Waals surface area contributed by atoms with E-state index in [1.54, 1.807) is 19.1 Å². The lowest BCUT2D eigenvalue weighted by molar-refractivity contribution is 0.597. The van der Waals surface area contributed by atoms with Gasteiger partial charge in [0.1, 0.15) is 0 Å². The first-order valence-electron chi connectivity index (χ1n) is 6.11. The minimum Gasteiger partial charge on any atom is -0.382 e. The fourth-order valence-electron chi connectivity index (χ4n) is 2.17. The second kappa shape index (κ2) is 5.60. The van der Waals surface area contributed by atoms with Gasteiger partial charge in [0.2, 0.25) is 10.0 Å². The normalized spacial score (nSPS) is 24.1. The van der Waals surface area contributed by atoms with Crippen molar-refractivity contribution in [2.24, 2.45) is 5.14 Å². The Morgan fingerprint density at radius 3 is 2.53 bits per heavy atom. The number of benzene rings is 1. The summed E-state index contributed by atoms with van der Waals surface area (Å²) in [5.41, 5.74) is 1.38. The van der Waals surface area contributed by atoms with Gasteiger partial charge >= 0.3 is 0 Å². The smallest absolute Gasteiger partial charge is 0.238 e. The molecule has 19 heavy (non-hydrogen) atoms. The van der Waals surface area contributed by atoms with Crippen molar-refractivity contribution in [1.29, 1.82) is 0 Å². The fourth-order valence-corrected chi connectivity index (χ4v) is 4.28. The van der Waals surface area contributed by atoms with Crippen molar-refractivity contribution in [2.75, 3.05) is 16.8 Å². The lowest BCUT2D eigenvalue weighted by Crippen LogP contribution is -2.29. The van der Waals surface area contributed by atoms with E-state index in [2.05, 4.69) is 5.32 Å². The summed E-state index contributed by atoms with van der Waals surface area (Å²) in [6, 6.07) is 5.39. The van der Waals surface area contributed by atoms with Crippen molar-refractivity contribution in [3.8, 4) is 0 Å². The Morgan fingerprint density at radius 1 is 1.32 bits per heavy atom. The summed E-state index contributed by atoms with van der Waals surface area (Å²) in [6.45, 7) is 1.72. The number of primary sulfonamides is 1. The van der Waals surface area contributed by atoms with Gasteiger partial charge in [0, 0.05) is 34.0 Å². The molecule has 5 nitrogen and oxygen atoms in total. The van der Waals surface area contributed by atoms with Crippen LogP contribution in [0, 0.1) is 6.92 Å². The third-order valence-electron chi connectivity index (χ3n) is 3.25. The van der Waals surface area contributed by atoms with Crippen LogP contribution in [0.3, 0.4) is 0 Å². The first-order valence-corrected chi connectivity index (χ1v) is 9.14. The number of nitrogens with two attached hydrogens (primary N) is 1. The van der Waals surface area contributed by atoms with E-state index in [0.717, 1.165) is 18.5 Å². The van der Waals surface area contributed by atoms with Crippen LogP contribution in [0.25, 0.3) is 0 Å². The number of sulfonamides is 1. The van der Waals surface area contributed by atoms with E-state index in [1.807, 2.05) is 6.07 Å². The SMILES string of the molecule is Cc1ccc(NC2CCS(=O)CC2)cc1S(N)(=O)=O. The largest absolute Gasteiger partial charge is 0.382 e. The van der Waals surface area contributed by atoms with Crippen LogP contribution in [0.15, 0.2) is 23.1 Å². The molecule has 0 radical (unpaired) electrons. The second-order valence-electron chi connectivity index (χ2n) is 4.79. The molecule has 0 amide bonds. The summed E-state index contributed by atoms with van der Waals surface area (Å²) in [6.07, 6.45) is 1.68. The van der Waals surface area contributed by atoms with Crippen molar-refractivity contribution < 1.29 is 12.6 Å². The fraction of sp³-hybridized carbons (Fsp3) is 0.500. The highest BCUT2D eigenvalue weighted by atomic mass is 32.2. The predicted octanol–water partition coefficient (Wildman–Crippen LogP) is 0.965. The van der Waals surface area contributed by atoms with Gasteiger partial charge in [-0.15, -0.1) is 0 Å². The molecule has 0 unspecified atom stereocenters. The monoisotopic (exact) mass is 302 g/mol. The molecule has 0 saturated carbocycles. The van der Waals surface area contributed by atoms with Crippen molar-refractivity contribution in [1.82, 2.24) is 0 Å². The molecule has 7 heteroatoms. The molecule has 1 fully saturated rings. The molecule has 3 N–H and O–H groups in total. The van der Waals surface area contributed by atoms with E-state index in [0.29, 0.717) is 17.1 Å². The minimum atomic E-state index is -3.69. The number of anilines is 1. The van der Waals surface area contributed by atoms with Crippen molar-refractivity contribution >= 4 is 26.5 Å². The Bertz CT molecular complexity index is 589. The van der Waals surface area contributed by atoms with Gasteiger partial charge in [0.15, 0.2) is 0 Å². The van der Waals surface area contributed by atoms with Crippen LogP contribution in [-0.4, -0.2) is 30.2 Å². The third kappa shape index (κ3) is 3.77. The van der Waals surface area contributed by atoms with Crippen LogP contribution in [0.4, 0.5) is 5.69 Å². The number of rotatable bonds is 3. The maximum absolute atomic E-state index is 11.5. The first-order chi connectivity index (χ1) is 8.86. The molecule has 1 heterocycles. The minimum absolute atomic E-state index is 0.150. The predicted molar refractivity (Wildman–Crippen MR) is 77.1 cm³/mol. The molecule has 0 atom stereocenters. The third-order valence-corrected chi connectivity index (χ3v) is 5.69. The zero-order valence-electron chi connectivity index (χ0n) is 10.8. The zero-order valence-corrected chi connectivity index (χ0v) is 12.4. The van der Waals surface area contributed by atoms with Crippen molar-refractivity contribution in [3.63, 3.8) is 0 Å². The molecule has 106 valence electrons. The number of hydrogen-bond acceptors (Lipinski definition) is 4. The zero-order chi connectivity index (χ0) is 14.0. The average molecular weight is 302 g/mol. The highest BCUT2D eigenvalue weighted by Crippen LogP contribution is 2.21. The number of nitrogens with one attached hydrogen (secondary N) is 1. The van der Waals surface area contributed by atoms with Crippen molar-refractivity contribution in [3.05, 3.63) is 23.8 Å². The molecular weight excluding hydrogens is 284 g/mol. The molecular formula is C12H18N2O3S2. The van der Waals surface area contributed by atoms with Gasteiger partial charge in [-0.3, -0.25) is 4.21 Å². The summed E-state index contributed by atoms with van der Waals surface area (Å²) in [7, 11) is -4.39. The van der Waals surface area contributed by atoms with Crippen molar-refractivity contribution in [2.45, 2.75) is 30.7 Å². The van der Waals surface area contributed by atoms with Crippen LogP contribution in [-0.2, 0) is 20.8 Å². The van der Waals surface area contributed by atoms with Crippen LogP contribution in [0.2, 0.25) is 0 Å². The Hall–Kier alpha value is -0.920. The summed E-state index contributed by atoms with van der Waals surface area (Å²) in [4.78, 5) is 0.150. The topological polar surface area (TPSA) is 89.3 Å². The maximum atomic E-state index is 11.5. The summed E-state index contributed by atoms with van der Waals surface area (Å²) >= 11 is 0. The summed E-state index contributed by atoms with van der Waals surface area (Å²) in [5, 5.41) is 8.47. The lowest BCUT2D eigenvalue weighted by atomic mass is 10.1. The van der Waals surface area contributed by atoms with E-state index in [9.17, 15) is 12.6 Å². The molecule has 0 spiro atoms. The molecule has 1 aliphatic heterocycles. The molecule has 1 aromatic rings. The highest BCUT2D eigenvalue weighted by Gasteiger charge is 2.18. The van der Waals surface area contributed by atoms with Crippen LogP contribution in [0.1, 0.15) is 18.4 Å². The van der Waals surface area contributed by atoms with E-state index >= 15 is 0 Å². The van der Waals surface area contributed by atoms with Gasteiger partial charge in [-0.05, 0) is 37.5 Å². The second-order valence-corrected chi connectivity index (χ2v) is 8.02. The maximum Gasteiger partial charge on any atom is 0.238 e. The molecule has 2 rings (SSSR count). The Kier molecular flexibility index (Phi) is 4.27. The van der Waals surface area contributed by atoms with E-state index < -0.39 is 20.8 Å². The molecule has 0 aliphatic carbocycles. The summed E-state index contributed by atoms with van der Waals surface area (Å²) < 4.78 is 34.2. The number of hydrogen-bond donors (Lipinski definition) is 2. The van der Waals surface area contributed by atoms with E-state index in [-0.39, 0.29) is 10.9 Å². The molecule has 1 aromatic carbocycles. The van der Waals surface area contributed by atoms with Gasteiger partial charge in [-0.25, -0.2) is 13.6 Å². The quantitative estimate of drug-likeness (QED) is 0.870. The molecule has 0 aromatic heterocycles. The summed E-state index contributed by atoms with van der Waals surface area (Å²) in [5.74, 6) is 1.40. The molecule has 1 aliphatic rings. The average Bonchev–Trinajstić information content (AvgIpc) is 2.33. The number of aryl methyl sites for hydroxylation is 1. The van der Waals surface area contributed by atoms with Gasteiger partial charge in [0.25, 0.3) is 0 Å². The Balaban J connectivity index is 2.16. The van der Waals surface area contributed by atoms with Crippen LogP contribution < -0.4 is 10.5 Å². The standard InChI is InChI=1S/C12H18N2O3S2/c1-9-2-3-11(8-12(9)19(13,16)17)14-10-4-6-18(15)7-5-10/h2-3,8,10,14H,4-7H2,1H3,(H2,13,16,17). The van der Waals surface area contributed by atoms with Gasteiger partial charge < -0.3 is 5.32 Å². The highest BCUT2D eigenvalue weighted by molar-refractivity contribution is 7.89. The molecule has 0 bridgehead atoms. The van der Waals surface area contributed by atoms with Gasteiger partial charge in [-0.1, -0.05) is 6.07 Å².